The number of nitrogens with zero attached hydrogens (tertiary/aromatic N) is 3. The van der Waals surface area contributed by atoms with Crippen LogP contribution in [0.4, 0.5) is 5.69 Å². The summed E-state index contributed by atoms with van der Waals surface area (Å²) in [6, 6.07) is 8.20. The Labute approximate surface area is 101 Å². The minimum absolute atomic E-state index is 0.0306. The maximum atomic E-state index is 5.19. The molecule has 5 heteroatoms. The Balaban J connectivity index is 2.11. The van der Waals surface area contributed by atoms with Crippen LogP contribution >= 0.6 is 0 Å². The lowest BCUT2D eigenvalue weighted by molar-refractivity contribution is 0.949. The second-order valence-electron chi connectivity index (χ2n) is 4.06. The summed E-state index contributed by atoms with van der Waals surface area (Å²) in [5.74, 6) is -0.0306. The highest BCUT2D eigenvalue weighted by molar-refractivity contribution is 5.82. The lowest BCUT2D eigenvalue weighted by atomic mass is 10.2. The van der Waals surface area contributed by atoms with E-state index in [0.717, 1.165) is 18.7 Å². The summed E-state index contributed by atoms with van der Waals surface area (Å²) >= 11 is 0. The van der Waals surface area contributed by atoms with E-state index in [1.807, 2.05) is 12.1 Å². The van der Waals surface area contributed by atoms with E-state index in [4.69, 9.17) is 11.5 Å². The molecule has 1 aliphatic heterocycles. The monoisotopic (exact) mass is 231 g/mol. The molecule has 1 aromatic rings. The fourth-order valence-corrected chi connectivity index (χ4v) is 1.94. The molecule has 17 heavy (non-hydrogen) atoms. The molecule has 0 amide bonds. The lowest BCUT2D eigenvalue weighted by Crippen LogP contribution is -2.21. The second kappa shape index (κ2) is 5.34. The van der Waals surface area contributed by atoms with Crippen LogP contribution in [0.25, 0.3) is 0 Å². The van der Waals surface area contributed by atoms with Crippen molar-refractivity contribution in [2.75, 3.05) is 18.0 Å². The Hall–Kier alpha value is -2.04. The van der Waals surface area contributed by atoms with E-state index < -0.39 is 0 Å². The summed E-state index contributed by atoms with van der Waals surface area (Å²) in [5, 5.41) is 7.38. The van der Waals surface area contributed by atoms with Crippen molar-refractivity contribution in [2.24, 2.45) is 21.7 Å². The largest absolute Gasteiger partial charge is 0.372 e. The lowest BCUT2D eigenvalue weighted by Gasteiger charge is -2.17. The average Bonchev–Trinajstić information content (AvgIpc) is 2.82. The summed E-state index contributed by atoms with van der Waals surface area (Å²) < 4.78 is 0. The van der Waals surface area contributed by atoms with Gasteiger partial charge in [-0.25, -0.2) is 0 Å². The first-order valence-corrected chi connectivity index (χ1v) is 5.73. The van der Waals surface area contributed by atoms with Crippen LogP contribution < -0.4 is 16.4 Å². The van der Waals surface area contributed by atoms with Crippen LogP contribution in [0, 0.1) is 0 Å². The molecule has 0 saturated carbocycles. The van der Waals surface area contributed by atoms with E-state index in [0.29, 0.717) is 0 Å². The number of guanidine groups is 1. The highest BCUT2D eigenvalue weighted by Gasteiger charge is 2.11. The molecule has 5 nitrogen and oxygen atoms in total. The van der Waals surface area contributed by atoms with Crippen LogP contribution in [0.3, 0.4) is 0 Å². The van der Waals surface area contributed by atoms with Crippen LogP contribution in [0.2, 0.25) is 0 Å². The van der Waals surface area contributed by atoms with Gasteiger partial charge in [0, 0.05) is 18.8 Å². The topological polar surface area (TPSA) is 80.0 Å². The molecule has 0 bridgehead atoms. The zero-order valence-corrected chi connectivity index (χ0v) is 9.71. The van der Waals surface area contributed by atoms with Gasteiger partial charge < -0.3 is 16.4 Å². The van der Waals surface area contributed by atoms with Crippen molar-refractivity contribution in [2.45, 2.75) is 12.8 Å². The Morgan fingerprint density at radius 3 is 2.71 bits per heavy atom. The molecule has 1 saturated heterocycles. The van der Waals surface area contributed by atoms with Crippen LogP contribution in [0.5, 0.6) is 0 Å². The molecule has 1 aliphatic rings. The summed E-state index contributed by atoms with van der Waals surface area (Å²) in [7, 11) is 0. The van der Waals surface area contributed by atoms with Gasteiger partial charge in [-0.1, -0.05) is 12.1 Å². The Kier molecular flexibility index (Phi) is 3.59. The van der Waals surface area contributed by atoms with Gasteiger partial charge >= 0.3 is 0 Å². The molecule has 90 valence electrons. The molecule has 0 radical (unpaired) electrons. The quantitative estimate of drug-likeness (QED) is 0.460. The number of hydrogen-bond acceptors (Lipinski definition) is 3. The molecule has 0 aromatic heterocycles. The third-order valence-corrected chi connectivity index (χ3v) is 2.72. The zero-order valence-electron chi connectivity index (χ0n) is 9.71. The Bertz CT molecular complexity index is 428. The molecular weight excluding hydrogens is 214 g/mol. The molecule has 0 unspecified atom stereocenters. The van der Waals surface area contributed by atoms with Gasteiger partial charge in [0.2, 0.25) is 5.96 Å². The normalized spacial score (nSPS) is 15.4. The molecule has 0 aliphatic carbocycles. The third-order valence-electron chi connectivity index (χ3n) is 2.72. The van der Waals surface area contributed by atoms with E-state index in [9.17, 15) is 0 Å². The van der Waals surface area contributed by atoms with Crippen LogP contribution in [0.15, 0.2) is 34.5 Å². The van der Waals surface area contributed by atoms with Crippen molar-refractivity contribution in [3.05, 3.63) is 29.8 Å². The predicted octanol–water partition coefficient (Wildman–Crippen LogP) is 0.894. The molecule has 1 fully saturated rings. The maximum Gasteiger partial charge on any atom is 0.211 e. The van der Waals surface area contributed by atoms with Crippen molar-refractivity contribution in [1.82, 2.24) is 0 Å². The first kappa shape index (κ1) is 11.4. The summed E-state index contributed by atoms with van der Waals surface area (Å²) in [5.41, 5.74) is 12.6. The number of nitrogens with two attached hydrogens (primary N) is 2. The molecule has 1 aromatic carbocycles. The zero-order chi connectivity index (χ0) is 12.1. The van der Waals surface area contributed by atoms with Crippen LogP contribution in [-0.4, -0.2) is 25.3 Å². The minimum Gasteiger partial charge on any atom is -0.372 e. The molecule has 4 N–H and O–H groups in total. The Morgan fingerprint density at radius 1 is 1.24 bits per heavy atom. The van der Waals surface area contributed by atoms with Gasteiger partial charge in [0.1, 0.15) is 0 Å². The average molecular weight is 231 g/mol. The first-order chi connectivity index (χ1) is 8.25. The molecule has 2 rings (SSSR count). The smallest absolute Gasteiger partial charge is 0.211 e. The fourth-order valence-electron chi connectivity index (χ4n) is 1.94. The van der Waals surface area contributed by atoms with Crippen molar-refractivity contribution < 1.29 is 0 Å². The van der Waals surface area contributed by atoms with Gasteiger partial charge in [0.25, 0.3) is 0 Å². The van der Waals surface area contributed by atoms with E-state index >= 15 is 0 Å². The highest BCUT2D eigenvalue weighted by Crippen LogP contribution is 2.20. The third kappa shape index (κ3) is 3.21. The SMILES string of the molecule is NC(N)=NN=Cc1cccc(N2CCCC2)c1. The van der Waals surface area contributed by atoms with E-state index in [1.54, 1.807) is 6.21 Å². The standard InChI is InChI=1S/C12H17N5/c13-12(14)16-15-9-10-4-3-5-11(8-10)17-6-1-2-7-17/h3-5,8-9H,1-2,6-7H2,(H4,13,14,16). The van der Waals surface area contributed by atoms with E-state index in [-0.39, 0.29) is 5.96 Å². The highest BCUT2D eigenvalue weighted by atomic mass is 15.3. The van der Waals surface area contributed by atoms with Gasteiger partial charge in [-0.05, 0) is 30.5 Å². The number of rotatable bonds is 3. The second-order valence-corrected chi connectivity index (χ2v) is 4.06. The fraction of sp³-hybridized carbons (Fsp3) is 0.333. The molecule has 1 heterocycles. The summed E-state index contributed by atoms with van der Waals surface area (Å²) in [4.78, 5) is 2.37. The van der Waals surface area contributed by atoms with Crippen molar-refractivity contribution >= 4 is 17.9 Å². The van der Waals surface area contributed by atoms with Gasteiger partial charge in [-0.3, -0.25) is 0 Å². The van der Waals surface area contributed by atoms with Gasteiger partial charge in [-0.15, -0.1) is 5.10 Å². The van der Waals surface area contributed by atoms with Crippen LogP contribution in [0.1, 0.15) is 18.4 Å². The summed E-state index contributed by atoms with van der Waals surface area (Å²) in [6.45, 7) is 2.27. The molecule has 0 spiro atoms. The predicted molar refractivity (Wildman–Crippen MR) is 71.3 cm³/mol. The minimum atomic E-state index is -0.0306. The van der Waals surface area contributed by atoms with Crippen molar-refractivity contribution in [1.29, 1.82) is 0 Å². The van der Waals surface area contributed by atoms with E-state index in [2.05, 4.69) is 27.2 Å². The van der Waals surface area contributed by atoms with Crippen molar-refractivity contribution in [3.8, 4) is 0 Å². The van der Waals surface area contributed by atoms with Crippen molar-refractivity contribution in [3.63, 3.8) is 0 Å². The van der Waals surface area contributed by atoms with Crippen LogP contribution in [-0.2, 0) is 0 Å². The molecule has 0 atom stereocenters. The summed E-state index contributed by atoms with van der Waals surface area (Å²) in [6.07, 6.45) is 4.19. The maximum absolute atomic E-state index is 5.19. The molecular formula is C12H17N5. The van der Waals surface area contributed by atoms with Gasteiger partial charge in [0.15, 0.2) is 0 Å². The Morgan fingerprint density at radius 2 is 2.00 bits per heavy atom. The first-order valence-electron chi connectivity index (χ1n) is 5.73. The van der Waals surface area contributed by atoms with Gasteiger partial charge in [-0.2, -0.15) is 5.10 Å². The number of hydrogen-bond donors (Lipinski definition) is 2. The number of anilines is 1. The van der Waals surface area contributed by atoms with E-state index in [1.165, 1.54) is 18.5 Å². The van der Waals surface area contributed by atoms with Gasteiger partial charge in [0.05, 0.1) is 6.21 Å². The number of benzene rings is 1.